The zero-order valence-corrected chi connectivity index (χ0v) is 33.8. The molecule has 6 aromatic carbocycles. The summed E-state index contributed by atoms with van der Waals surface area (Å²) in [5, 5.41) is 0. The van der Waals surface area contributed by atoms with Gasteiger partial charge in [-0.2, -0.15) is 0 Å². The lowest BCUT2D eigenvalue weighted by Gasteiger charge is -2.26. The first-order valence-corrected chi connectivity index (χ1v) is 21.0. The first-order chi connectivity index (χ1) is 27.6. The van der Waals surface area contributed by atoms with E-state index in [1.807, 2.05) is 0 Å². The van der Waals surface area contributed by atoms with Gasteiger partial charge in [0.1, 0.15) is 0 Å². The first-order valence-electron chi connectivity index (χ1n) is 21.0. The van der Waals surface area contributed by atoms with E-state index in [1.54, 1.807) is 0 Å². The van der Waals surface area contributed by atoms with Crippen LogP contribution in [-0.4, -0.2) is 0 Å². The number of hydrogen-bond donors (Lipinski definition) is 0. The van der Waals surface area contributed by atoms with Gasteiger partial charge in [-0.25, -0.2) is 0 Å². The van der Waals surface area contributed by atoms with Gasteiger partial charge in [0.25, 0.3) is 0 Å². The molecular weight excluding hydrogens is 675 g/mol. The van der Waals surface area contributed by atoms with Gasteiger partial charge < -0.3 is 4.90 Å². The summed E-state index contributed by atoms with van der Waals surface area (Å²) < 4.78 is 0. The molecule has 1 nitrogen and oxygen atoms in total. The smallest absolute Gasteiger partial charge is 0.0462 e. The molecule has 0 saturated carbocycles. The second-order valence-electron chi connectivity index (χ2n) is 15.0. The van der Waals surface area contributed by atoms with Crippen LogP contribution in [0.1, 0.15) is 115 Å². The zero-order chi connectivity index (χ0) is 38.8. The summed E-state index contributed by atoms with van der Waals surface area (Å²) in [6.07, 6.45) is 26.0. The fraction of sp³-hybridized carbons (Fsp3) is 0.236. The lowest BCUT2D eigenvalue weighted by Crippen LogP contribution is -2.09. The fourth-order valence-corrected chi connectivity index (χ4v) is 7.26. The Morgan fingerprint density at radius 1 is 0.375 bits per heavy atom. The standard InChI is InChI=1S/C55H59N/c1-4-6-8-16-22-49-43-52(50(23-17-9-7-5-2)42-51(49)34-28-46-20-14-11-15-21-46)35-29-48-32-40-55(41-33-48)56(53-36-24-44(3)25-37-53)54-38-30-47(31-39-54)27-26-45-18-12-10-13-19-45/h10-15,18-21,24-43H,4-9,16-17,22-23H2,1-3H3/b27-26+,34-28+,35-29+. The number of nitrogens with zero attached hydrogens (tertiary/aromatic N) is 1. The molecule has 0 atom stereocenters. The van der Waals surface area contributed by atoms with Gasteiger partial charge in [0.05, 0.1) is 0 Å². The molecular formula is C55H59N. The highest BCUT2D eigenvalue weighted by molar-refractivity contribution is 5.80. The molecule has 0 fully saturated rings. The highest BCUT2D eigenvalue weighted by atomic mass is 15.1. The Bertz CT molecular complexity index is 2140. The summed E-state index contributed by atoms with van der Waals surface area (Å²) in [6, 6.07) is 52.8. The van der Waals surface area contributed by atoms with Gasteiger partial charge in [0, 0.05) is 17.1 Å². The Morgan fingerprint density at radius 3 is 1.12 bits per heavy atom. The van der Waals surface area contributed by atoms with Crippen molar-refractivity contribution in [2.75, 3.05) is 4.90 Å². The SMILES string of the molecule is CCCCCCc1cc(/C=C/c2ccc(N(c3ccc(C)cc3)c3ccc(/C=C/c4ccccc4)cc3)cc2)c(CCCCCC)cc1/C=C/c1ccccc1. The summed E-state index contributed by atoms with van der Waals surface area (Å²) in [7, 11) is 0. The molecule has 0 unspecified atom stereocenters. The molecule has 0 aliphatic rings. The van der Waals surface area contributed by atoms with Crippen molar-refractivity contribution in [2.24, 2.45) is 0 Å². The highest BCUT2D eigenvalue weighted by Crippen LogP contribution is 2.35. The van der Waals surface area contributed by atoms with E-state index in [0.29, 0.717) is 0 Å². The van der Waals surface area contributed by atoms with E-state index in [0.717, 1.165) is 29.9 Å². The third kappa shape index (κ3) is 11.9. The average molecular weight is 734 g/mol. The second kappa shape index (κ2) is 21.4. The first kappa shape index (κ1) is 40.0. The van der Waals surface area contributed by atoms with E-state index in [-0.39, 0.29) is 0 Å². The van der Waals surface area contributed by atoms with Gasteiger partial charge in [-0.3, -0.25) is 0 Å². The molecule has 6 rings (SSSR count). The summed E-state index contributed by atoms with van der Waals surface area (Å²) >= 11 is 0. The molecule has 0 amide bonds. The fourth-order valence-electron chi connectivity index (χ4n) is 7.26. The molecule has 0 N–H and O–H groups in total. The van der Waals surface area contributed by atoms with Gasteiger partial charge in [0.15, 0.2) is 0 Å². The number of unbranched alkanes of at least 4 members (excludes halogenated alkanes) is 6. The van der Waals surface area contributed by atoms with Crippen molar-refractivity contribution in [3.05, 3.63) is 196 Å². The molecule has 284 valence electrons. The molecule has 0 aliphatic carbocycles. The highest BCUT2D eigenvalue weighted by Gasteiger charge is 2.13. The quantitative estimate of drug-likeness (QED) is 0.0592. The van der Waals surface area contributed by atoms with Crippen LogP contribution in [0.2, 0.25) is 0 Å². The summed E-state index contributed by atoms with van der Waals surface area (Å²) in [5.41, 5.74) is 15.1. The summed E-state index contributed by atoms with van der Waals surface area (Å²) in [4.78, 5) is 2.35. The van der Waals surface area contributed by atoms with Gasteiger partial charge in [-0.1, -0.05) is 204 Å². The summed E-state index contributed by atoms with van der Waals surface area (Å²) in [6.45, 7) is 6.73. The van der Waals surface area contributed by atoms with Crippen molar-refractivity contribution in [3.8, 4) is 0 Å². The minimum atomic E-state index is 1.10. The molecule has 0 saturated heterocycles. The van der Waals surface area contributed by atoms with E-state index in [9.17, 15) is 0 Å². The number of benzene rings is 6. The Hall–Kier alpha value is -5.66. The van der Waals surface area contributed by atoms with Gasteiger partial charge >= 0.3 is 0 Å². The molecule has 0 spiro atoms. The van der Waals surface area contributed by atoms with Crippen LogP contribution in [0, 0.1) is 6.92 Å². The minimum absolute atomic E-state index is 1.10. The van der Waals surface area contributed by atoms with Crippen LogP contribution in [0.25, 0.3) is 36.5 Å². The number of aryl methyl sites for hydroxylation is 3. The lowest BCUT2D eigenvalue weighted by atomic mass is 9.91. The van der Waals surface area contributed by atoms with E-state index < -0.39 is 0 Å². The van der Waals surface area contributed by atoms with Crippen molar-refractivity contribution in [2.45, 2.75) is 85.0 Å². The average Bonchev–Trinajstić information content (AvgIpc) is 3.24. The molecule has 1 heteroatoms. The van der Waals surface area contributed by atoms with Crippen molar-refractivity contribution < 1.29 is 0 Å². The number of anilines is 3. The molecule has 0 aliphatic heterocycles. The van der Waals surface area contributed by atoms with Crippen LogP contribution in [0.5, 0.6) is 0 Å². The topological polar surface area (TPSA) is 3.24 Å². The molecule has 56 heavy (non-hydrogen) atoms. The Kier molecular flexibility index (Phi) is 15.3. The maximum Gasteiger partial charge on any atom is 0.0462 e. The van der Waals surface area contributed by atoms with Crippen LogP contribution in [0.4, 0.5) is 17.1 Å². The van der Waals surface area contributed by atoms with Crippen LogP contribution < -0.4 is 4.90 Å². The predicted octanol–water partition coefficient (Wildman–Crippen LogP) is 16.2. The van der Waals surface area contributed by atoms with E-state index in [4.69, 9.17) is 0 Å². The van der Waals surface area contributed by atoms with E-state index in [1.165, 1.54) is 101 Å². The van der Waals surface area contributed by atoms with E-state index in [2.05, 4.69) is 208 Å². The van der Waals surface area contributed by atoms with Crippen molar-refractivity contribution in [3.63, 3.8) is 0 Å². The largest absolute Gasteiger partial charge is 0.311 e. The van der Waals surface area contributed by atoms with Crippen molar-refractivity contribution >= 4 is 53.5 Å². The monoisotopic (exact) mass is 733 g/mol. The number of hydrogen-bond acceptors (Lipinski definition) is 1. The molecule has 0 radical (unpaired) electrons. The van der Waals surface area contributed by atoms with Crippen LogP contribution >= 0.6 is 0 Å². The Balaban J connectivity index is 1.28. The second-order valence-corrected chi connectivity index (χ2v) is 15.0. The van der Waals surface area contributed by atoms with Gasteiger partial charge in [-0.15, -0.1) is 0 Å². The lowest BCUT2D eigenvalue weighted by molar-refractivity contribution is 0.663. The maximum atomic E-state index is 2.49. The zero-order valence-electron chi connectivity index (χ0n) is 33.8. The van der Waals surface area contributed by atoms with Crippen LogP contribution in [-0.2, 0) is 12.8 Å². The third-order valence-corrected chi connectivity index (χ3v) is 10.6. The van der Waals surface area contributed by atoms with Gasteiger partial charge in [-0.05, 0) is 114 Å². The predicted molar refractivity (Wildman–Crippen MR) is 248 cm³/mol. The maximum absolute atomic E-state index is 2.49. The molecule has 6 aromatic rings. The Labute approximate surface area is 337 Å². The third-order valence-electron chi connectivity index (χ3n) is 10.6. The Morgan fingerprint density at radius 2 is 0.732 bits per heavy atom. The summed E-state index contributed by atoms with van der Waals surface area (Å²) in [5.74, 6) is 0. The number of rotatable bonds is 19. The normalized spacial score (nSPS) is 11.6. The van der Waals surface area contributed by atoms with Gasteiger partial charge in [0.2, 0.25) is 0 Å². The van der Waals surface area contributed by atoms with Crippen LogP contribution in [0.15, 0.2) is 146 Å². The molecule has 0 bridgehead atoms. The van der Waals surface area contributed by atoms with Crippen molar-refractivity contribution in [1.82, 2.24) is 0 Å². The van der Waals surface area contributed by atoms with E-state index >= 15 is 0 Å². The van der Waals surface area contributed by atoms with Crippen molar-refractivity contribution in [1.29, 1.82) is 0 Å². The minimum Gasteiger partial charge on any atom is -0.311 e. The molecule has 0 heterocycles. The molecule has 0 aromatic heterocycles. The van der Waals surface area contributed by atoms with Crippen LogP contribution in [0.3, 0.4) is 0 Å².